The molecule has 3 nitrogen and oxygen atoms in total. The molecule has 15 heavy (non-hydrogen) atoms. The molecule has 0 amide bonds. The quantitative estimate of drug-likeness (QED) is 0.543. The van der Waals surface area contributed by atoms with Crippen molar-refractivity contribution in [1.82, 2.24) is 0 Å². The van der Waals surface area contributed by atoms with Gasteiger partial charge in [-0.2, -0.15) is 0 Å². The van der Waals surface area contributed by atoms with Crippen LogP contribution in [0, 0.1) is 11.3 Å². The Hall–Kier alpha value is -0.570. The van der Waals surface area contributed by atoms with Crippen molar-refractivity contribution in [3.05, 3.63) is 0 Å². The fourth-order valence-corrected chi connectivity index (χ4v) is 2.31. The standard InChI is InChI=1S/C12H24N2O/c1-3-10(8-12(13)14)15-11-6-4-5-9(2)7-11/h9-11H,3-8H2,1-2H3,(H3,13,14). The van der Waals surface area contributed by atoms with Gasteiger partial charge in [-0.05, 0) is 25.2 Å². The van der Waals surface area contributed by atoms with E-state index in [1.807, 2.05) is 0 Å². The zero-order valence-corrected chi connectivity index (χ0v) is 9.96. The maximum absolute atomic E-state index is 7.28. The number of hydrogen-bond acceptors (Lipinski definition) is 2. The molecule has 0 radical (unpaired) electrons. The van der Waals surface area contributed by atoms with E-state index >= 15 is 0 Å². The number of ether oxygens (including phenoxy) is 1. The van der Waals surface area contributed by atoms with Gasteiger partial charge in [-0.1, -0.05) is 26.7 Å². The van der Waals surface area contributed by atoms with Crippen LogP contribution in [-0.4, -0.2) is 18.0 Å². The number of nitrogens with one attached hydrogen (secondary N) is 1. The smallest absolute Gasteiger partial charge is 0.0931 e. The van der Waals surface area contributed by atoms with E-state index in [1.165, 1.54) is 25.7 Å². The lowest BCUT2D eigenvalue weighted by Crippen LogP contribution is -2.29. The summed E-state index contributed by atoms with van der Waals surface area (Å²) in [7, 11) is 0. The third kappa shape index (κ3) is 4.65. The van der Waals surface area contributed by atoms with Crippen LogP contribution < -0.4 is 5.73 Å². The maximum Gasteiger partial charge on any atom is 0.0931 e. The van der Waals surface area contributed by atoms with Crippen molar-refractivity contribution >= 4 is 5.84 Å². The predicted octanol–water partition coefficient (Wildman–Crippen LogP) is 2.69. The van der Waals surface area contributed by atoms with Crippen LogP contribution in [-0.2, 0) is 4.74 Å². The Morgan fingerprint density at radius 1 is 1.53 bits per heavy atom. The Bertz CT molecular complexity index is 206. The molecule has 3 N–H and O–H groups in total. The van der Waals surface area contributed by atoms with Gasteiger partial charge in [-0.25, -0.2) is 0 Å². The molecule has 3 unspecified atom stereocenters. The molecule has 0 saturated heterocycles. The van der Waals surface area contributed by atoms with Gasteiger partial charge < -0.3 is 10.5 Å². The Kier molecular flexibility index (Phi) is 5.09. The molecule has 3 heteroatoms. The number of hydrogen-bond donors (Lipinski definition) is 2. The Morgan fingerprint density at radius 3 is 2.80 bits per heavy atom. The lowest BCUT2D eigenvalue weighted by atomic mass is 9.88. The van der Waals surface area contributed by atoms with Gasteiger partial charge in [0.1, 0.15) is 0 Å². The fraction of sp³-hybridized carbons (Fsp3) is 0.917. The molecule has 3 atom stereocenters. The number of nitrogens with two attached hydrogens (primary N) is 1. The second-order valence-corrected chi connectivity index (χ2v) is 4.79. The average Bonchev–Trinajstić information content (AvgIpc) is 2.16. The van der Waals surface area contributed by atoms with Crippen LogP contribution in [0.2, 0.25) is 0 Å². The highest BCUT2D eigenvalue weighted by atomic mass is 16.5. The van der Waals surface area contributed by atoms with Crippen molar-refractivity contribution in [1.29, 1.82) is 5.41 Å². The molecule has 1 rings (SSSR count). The molecule has 0 aliphatic heterocycles. The first kappa shape index (κ1) is 12.5. The van der Waals surface area contributed by atoms with Crippen molar-refractivity contribution in [2.24, 2.45) is 11.7 Å². The van der Waals surface area contributed by atoms with E-state index in [0.29, 0.717) is 12.5 Å². The summed E-state index contributed by atoms with van der Waals surface area (Å²) in [5.41, 5.74) is 5.40. The van der Waals surface area contributed by atoms with Crippen molar-refractivity contribution < 1.29 is 4.74 Å². The molecule has 1 fully saturated rings. The monoisotopic (exact) mass is 212 g/mol. The second-order valence-electron chi connectivity index (χ2n) is 4.79. The zero-order valence-electron chi connectivity index (χ0n) is 9.96. The van der Waals surface area contributed by atoms with E-state index in [-0.39, 0.29) is 11.9 Å². The van der Waals surface area contributed by atoms with Gasteiger partial charge in [0, 0.05) is 6.42 Å². The molecule has 1 saturated carbocycles. The third-order valence-corrected chi connectivity index (χ3v) is 3.18. The third-order valence-electron chi connectivity index (χ3n) is 3.18. The predicted molar refractivity (Wildman–Crippen MR) is 63.1 cm³/mol. The van der Waals surface area contributed by atoms with E-state index in [4.69, 9.17) is 15.9 Å². The summed E-state index contributed by atoms with van der Waals surface area (Å²) in [4.78, 5) is 0. The highest BCUT2D eigenvalue weighted by Gasteiger charge is 2.22. The topological polar surface area (TPSA) is 59.1 Å². The lowest BCUT2D eigenvalue weighted by molar-refractivity contribution is -0.0367. The highest BCUT2D eigenvalue weighted by Crippen LogP contribution is 2.27. The van der Waals surface area contributed by atoms with Crippen LogP contribution in [0.1, 0.15) is 52.4 Å². The first-order valence-electron chi connectivity index (χ1n) is 6.10. The average molecular weight is 212 g/mol. The normalized spacial score (nSPS) is 28.7. The van der Waals surface area contributed by atoms with Gasteiger partial charge >= 0.3 is 0 Å². The fourth-order valence-electron chi connectivity index (χ4n) is 2.31. The van der Waals surface area contributed by atoms with E-state index in [9.17, 15) is 0 Å². The van der Waals surface area contributed by atoms with Crippen LogP contribution in [0.25, 0.3) is 0 Å². The summed E-state index contributed by atoms with van der Waals surface area (Å²) in [6, 6.07) is 0. The second kappa shape index (κ2) is 6.11. The van der Waals surface area contributed by atoms with Crippen LogP contribution >= 0.6 is 0 Å². The van der Waals surface area contributed by atoms with Crippen molar-refractivity contribution in [3.63, 3.8) is 0 Å². The van der Waals surface area contributed by atoms with Crippen molar-refractivity contribution in [2.75, 3.05) is 0 Å². The molecule has 0 heterocycles. The Balaban J connectivity index is 2.33. The lowest BCUT2D eigenvalue weighted by Gasteiger charge is -2.30. The van der Waals surface area contributed by atoms with Crippen LogP contribution in [0.15, 0.2) is 0 Å². The first-order chi connectivity index (χ1) is 7.11. The van der Waals surface area contributed by atoms with E-state index in [0.717, 1.165) is 12.3 Å². The summed E-state index contributed by atoms with van der Waals surface area (Å²) in [5.74, 6) is 1.03. The van der Waals surface area contributed by atoms with Gasteiger partial charge in [-0.15, -0.1) is 0 Å². The molecule has 0 aromatic carbocycles. The van der Waals surface area contributed by atoms with Crippen molar-refractivity contribution in [2.45, 2.75) is 64.6 Å². The zero-order chi connectivity index (χ0) is 11.3. The van der Waals surface area contributed by atoms with Crippen molar-refractivity contribution in [3.8, 4) is 0 Å². The SMILES string of the molecule is CCC(CC(=N)N)OC1CCCC(C)C1. The minimum atomic E-state index is 0.151. The van der Waals surface area contributed by atoms with E-state index in [1.54, 1.807) is 0 Å². The molecule has 1 aliphatic carbocycles. The minimum Gasteiger partial charge on any atom is -0.388 e. The Morgan fingerprint density at radius 2 is 2.27 bits per heavy atom. The van der Waals surface area contributed by atoms with Crippen LogP contribution in [0.3, 0.4) is 0 Å². The summed E-state index contributed by atoms with van der Waals surface area (Å²) in [6.45, 7) is 4.39. The molecule has 0 aromatic heterocycles. The van der Waals surface area contributed by atoms with Gasteiger partial charge in [0.2, 0.25) is 0 Å². The minimum absolute atomic E-state index is 0.151. The molecule has 88 valence electrons. The largest absolute Gasteiger partial charge is 0.388 e. The van der Waals surface area contributed by atoms with Crippen LogP contribution in [0.5, 0.6) is 0 Å². The maximum atomic E-state index is 7.28. The van der Waals surface area contributed by atoms with E-state index in [2.05, 4.69) is 13.8 Å². The molecule has 0 aromatic rings. The highest BCUT2D eigenvalue weighted by molar-refractivity contribution is 5.77. The van der Waals surface area contributed by atoms with Gasteiger partial charge in [0.25, 0.3) is 0 Å². The molecular weight excluding hydrogens is 188 g/mol. The number of rotatable bonds is 5. The van der Waals surface area contributed by atoms with Gasteiger partial charge in [0.05, 0.1) is 18.0 Å². The summed E-state index contributed by atoms with van der Waals surface area (Å²) in [6.07, 6.45) is 7.06. The summed E-state index contributed by atoms with van der Waals surface area (Å²) < 4.78 is 6.00. The Labute approximate surface area is 92.9 Å². The van der Waals surface area contributed by atoms with Gasteiger partial charge in [-0.3, -0.25) is 5.41 Å². The first-order valence-corrected chi connectivity index (χ1v) is 6.10. The summed E-state index contributed by atoms with van der Waals surface area (Å²) in [5, 5.41) is 7.28. The molecule has 1 aliphatic rings. The van der Waals surface area contributed by atoms with E-state index < -0.39 is 0 Å². The van der Waals surface area contributed by atoms with Gasteiger partial charge in [0.15, 0.2) is 0 Å². The number of amidine groups is 1. The molecule has 0 bridgehead atoms. The summed E-state index contributed by atoms with van der Waals surface area (Å²) >= 11 is 0. The molecular formula is C12H24N2O. The van der Waals surface area contributed by atoms with Crippen LogP contribution in [0.4, 0.5) is 0 Å². The molecule has 0 spiro atoms.